The highest BCUT2D eigenvalue weighted by atomic mass is 16.4. The molecule has 0 aromatic carbocycles. The zero-order chi connectivity index (χ0) is 9.90. The molecule has 76 valence electrons. The van der Waals surface area contributed by atoms with Crippen molar-refractivity contribution in [2.45, 2.75) is 38.2 Å². The molecule has 0 aromatic heterocycles. The first-order valence-corrected chi connectivity index (χ1v) is 4.69. The van der Waals surface area contributed by atoms with Crippen LogP contribution in [0.5, 0.6) is 0 Å². The number of carboxylic acid groups (broad SMARTS) is 1. The lowest BCUT2D eigenvalue weighted by Gasteiger charge is -2.32. The summed E-state index contributed by atoms with van der Waals surface area (Å²) in [5.74, 6) is 0.399. The summed E-state index contributed by atoms with van der Waals surface area (Å²) in [6, 6.07) is 0. The molecule has 0 atom stereocenters. The zero-order valence-electron chi connectivity index (χ0n) is 7.92. The minimum atomic E-state index is -0.961. The van der Waals surface area contributed by atoms with Gasteiger partial charge in [0.1, 0.15) is 0 Å². The van der Waals surface area contributed by atoms with Gasteiger partial charge in [-0.3, -0.25) is 0 Å². The van der Waals surface area contributed by atoms with Crippen molar-refractivity contribution in [3.63, 3.8) is 0 Å². The van der Waals surface area contributed by atoms with Crippen molar-refractivity contribution in [3.8, 4) is 0 Å². The lowest BCUT2D eigenvalue weighted by Crippen LogP contribution is -2.35. The number of nitrogens with one attached hydrogen (secondary N) is 1. The first kappa shape index (κ1) is 10.3. The van der Waals surface area contributed by atoms with Crippen LogP contribution in [0.15, 0.2) is 0 Å². The predicted molar refractivity (Wildman–Crippen MR) is 48.6 cm³/mol. The highest BCUT2D eigenvalue weighted by Crippen LogP contribution is 2.30. The number of aliphatic hydroxyl groups is 1. The van der Waals surface area contributed by atoms with Crippen LogP contribution in [0.3, 0.4) is 0 Å². The Morgan fingerprint density at radius 3 is 2.54 bits per heavy atom. The molecule has 3 N–H and O–H groups in total. The van der Waals surface area contributed by atoms with Crippen LogP contribution in [0, 0.1) is 5.92 Å². The van der Waals surface area contributed by atoms with E-state index in [1.54, 1.807) is 0 Å². The van der Waals surface area contributed by atoms with E-state index in [-0.39, 0.29) is 0 Å². The van der Waals surface area contributed by atoms with Gasteiger partial charge < -0.3 is 15.5 Å². The van der Waals surface area contributed by atoms with Crippen molar-refractivity contribution in [2.24, 2.45) is 5.92 Å². The van der Waals surface area contributed by atoms with Crippen molar-refractivity contribution < 1.29 is 15.0 Å². The first-order chi connectivity index (χ1) is 5.99. The summed E-state index contributed by atoms with van der Waals surface area (Å²) in [6.45, 7) is 2.36. The van der Waals surface area contributed by atoms with E-state index in [1.807, 2.05) is 6.92 Å². The van der Waals surface area contributed by atoms with Gasteiger partial charge in [-0.1, -0.05) is 0 Å². The molecule has 0 heterocycles. The van der Waals surface area contributed by atoms with Gasteiger partial charge in [-0.15, -0.1) is 0 Å². The minimum absolute atomic E-state index is 0.399. The molecular formula is C9H17NO3. The second-order valence-corrected chi connectivity index (χ2v) is 4.13. The third-order valence-corrected chi connectivity index (χ3v) is 2.72. The molecule has 4 nitrogen and oxygen atoms in total. The van der Waals surface area contributed by atoms with E-state index < -0.39 is 11.7 Å². The molecule has 1 rings (SSSR count). The lowest BCUT2D eigenvalue weighted by molar-refractivity contribution is 0.00841. The molecule has 0 spiro atoms. The quantitative estimate of drug-likeness (QED) is 0.608. The maximum Gasteiger partial charge on any atom is 0.404 e. The monoisotopic (exact) mass is 187 g/mol. The highest BCUT2D eigenvalue weighted by Gasteiger charge is 2.28. The fraction of sp³-hybridized carbons (Fsp3) is 0.889. The molecule has 13 heavy (non-hydrogen) atoms. The number of amides is 1. The predicted octanol–water partition coefficient (Wildman–Crippen LogP) is 1.20. The number of carbonyl (C=O) groups is 1. The van der Waals surface area contributed by atoms with E-state index in [2.05, 4.69) is 5.32 Å². The van der Waals surface area contributed by atoms with Crippen molar-refractivity contribution in [3.05, 3.63) is 0 Å². The normalized spacial score (nSPS) is 34.2. The maximum atomic E-state index is 10.2. The molecule has 1 saturated carbocycles. The van der Waals surface area contributed by atoms with Crippen LogP contribution in [-0.2, 0) is 0 Å². The van der Waals surface area contributed by atoms with Gasteiger partial charge in [-0.05, 0) is 38.5 Å². The summed E-state index contributed by atoms with van der Waals surface area (Å²) < 4.78 is 0. The number of hydrogen-bond acceptors (Lipinski definition) is 2. The van der Waals surface area contributed by atoms with Gasteiger partial charge in [0.25, 0.3) is 0 Å². The van der Waals surface area contributed by atoms with Gasteiger partial charge in [-0.2, -0.15) is 0 Å². The van der Waals surface area contributed by atoms with Crippen LogP contribution >= 0.6 is 0 Å². The summed E-state index contributed by atoms with van der Waals surface area (Å²) in [4.78, 5) is 10.2. The summed E-state index contributed by atoms with van der Waals surface area (Å²) in [7, 11) is 0. The Morgan fingerprint density at radius 1 is 1.54 bits per heavy atom. The van der Waals surface area contributed by atoms with Crippen LogP contribution < -0.4 is 5.32 Å². The summed E-state index contributed by atoms with van der Waals surface area (Å²) in [6.07, 6.45) is 2.41. The molecule has 1 aliphatic carbocycles. The molecular weight excluding hydrogens is 170 g/mol. The van der Waals surface area contributed by atoms with E-state index in [1.165, 1.54) is 0 Å². The Bertz CT molecular complexity index is 181. The Hall–Kier alpha value is -0.770. The van der Waals surface area contributed by atoms with Gasteiger partial charge in [0, 0.05) is 6.54 Å². The molecule has 0 unspecified atom stereocenters. The SMILES string of the molecule is C[C@]1(O)CC[C@H](CNC(=O)O)CC1. The fourth-order valence-corrected chi connectivity index (χ4v) is 1.74. The lowest BCUT2D eigenvalue weighted by atomic mass is 9.80. The third kappa shape index (κ3) is 3.63. The van der Waals surface area contributed by atoms with Crippen molar-refractivity contribution >= 4 is 6.09 Å². The molecule has 0 bridgehead atoms. The smallest absolute Gasteiger partial charge is 0.404 e. The zero-order valence-corrected chi connectivity index (χ0v) is 7.92. The van der Waals surface area contributed by atoms with Crippen molar-refractivity contribution in [1.29, 1.82) is 0 Å². The second-order valence-electron chi connectivity index (χ2n) is 4.13. The van der Waals surface area contributed by atoms with Gasteiger partial charge in [-0.25, -0.2) is 4.79 Å². The van der Waals surface area contributed by atoms with Crippen LogP contribution in [-0.4, -0.2) is 28.5 Å². The van der Waals surface area contributed by atoms with Crippen molar-refractivity contribution in [2.75, 3.05) is 6.54 Å². The third-order valence-electron chi connectivity index (χ3n) is 2.72. The molecule has 1 amide bonds. The van der Waals surface area contributed by atoms with E-state index >= 15 is 0 Å². The molecule has 0 aliphatic heterocycles. The van der Waals surface area contributed by atoms with E-state index in [0.29, 0.717) is 12.5 Å². The molecule has 0 radical (unpaired) electrons. The van der Waals surface area contributed by atoms with Crippen LogP contribution in [0.1, 0.15) is 32.6 Å². The van der Waals surface area contributed by atoms with Gasteiger partial charge >= 0.3 is 6.09 Å². The number of hydrogen-bond donors (Lipinski definition) is 3. The molecule has 0 saturated heterocycles. The minimum Gasteiger partial charge on any atom is -0.465 e. The topological polar surface area (TPSA) is 69.6 Å². The summed E-state index contributed by atoms with van der Waals surface area (Å²) >= 11 is 0. The molecule has 1 fully saturated rings. The molecule has 4 heteroatoms. The number of rotatable bonds is 2. The Labute approximate surface area is 78.0 Å². The Balaban J connectivity index is 2.21. The van der Waals surface area contributed by atoms with Crippen LogP contribution in [0.25, 0.3) is 0 Å². The summed E-state index contributed by atoms with van der Waals surface area (Å²) in [5, 5.41) is 20.4. The van der Waals surface area contributed by atoms with E-state index in [4.69, 9.17) is 5.11 Å². The van der Waals surface area contributed by atoms with Gasteiger partial charge in [0.2, 0.25) is 0 Å². The van der Waals surface area contributed by atoms with Gasteiger partial charge in [0.05, 0.1) is 5.60 Å². The van der Waals surface area contributed by atoms with E-state index in [0.717, 1.165) is 25.7 Å². The first-order valence-electron chi connectivity index (χ1n) is 4.69. The average molecular weight is 187 g/mol. The van der Waals surface area contributed by atoms with E-state index in [9.17, 15) is 9.90 Å². The Morgan fingerprint density at radius 2 is 2.08 bits per heavy atom. The summed E-state index contributed by atoms with van der Waals surface area (Å²) in [5.41, 5.74) is -0.528. The largest absolute Gasteiger partial charge is 0.465 e. The average Bonchev–Trinajstić information content (AvgIpc) is 2.02. The maximum absolute atomic E-state index is 10.2. The molecule has 0 aromatic rings. The van der Waals surface area contributed by atoms with Crippen LogP contribution in [0.4, 0.5) is 4.79 Å². The second kappa shape index (κ2) is 3.96. The fourth-order valence-electron chi connectivity index (χ4n) is 1.74. The van der Waals surface area contributed by atoms with Crippen LogP contribution in [0.2, 0.25) is 0 Å². The standard InChI is InChI=1S/C9H17NO3/c1-9(13)4-2-7(3-5-9)6-10-8(11)12/h7,10,13H,2-6H2,1H3,(H,11,12)/t7-,9-. The molecule has 1 aliphatic rings. The van der Waals surface area contributed by atoms with Gasteiger partial charge in [0.15, 0.2) is 0 Å². The highest BCUT2D eigenvalue weighted by molar-refractivity contribution is 5.64. The Kier molecular flexibility index (Phi) is 3.14. The van der Waals surface area contributed by atoms with Crippen molar-refractivity contribution in [1.82, 2.24) is 5.32 Å².